The average molecular weight is 287 g/mol. The lowest BCUT2D eigenvalue weighted by Gasteiger charge is -2.09. The number of hydrazine groups is 1. The van der Waals surface area contributed by atoms with Gasteiger partial charge in [-0.25, -0.2) is 10.8 Å². The summed E-state index contributed by atoms with van der Waals surface area (Å²) in [6.07, 6.45) is 0. The number of aromatic nitrogens is 2. The summed E-state index contributed by atoms with van der Waals surface area (Å²) in [6, 6.07) is 14.6. The lowest BCUT2D eigenvalue weighted by molar-refractivity contribution is 0.469. The Bertz CT molecular complexity index is 763. The third kappa shape index (κ3) is 2.49. The number of benzene rings is 2. The van der Waals surface area contributed by atoms with Crippen LogP contribution < -0.4 is 16.0 Å². The van der Waals surface area contributed by atoms with Crippen molar-refractivity contribution in [2.75, 3.05) is 5.43 Å². The van der Waals surface area contributed by atoms with E-state index in [1.54, 1.807) is 18.2 Å². The maximum Gasteiger partial charge on any atom is 0.241 e. The highest BCUT2D eigenvalue weighted by atomic mass is 35.5. The zero-order valence-electron chi connectivity index (χ0n) is 10.4. The minimum atomic E-state index is 0.292. The molecule has 0 aliphatic carbocycles. The Morgan fingerprint density at radius 2 is 1.90 bits per heavy atom. The number of hydrogen-bond acceptors (Lipinski definition) is 5. The fraction of sp³-hybridized carbons (Fsp3) is 0. The largest absolute Gasteiger partial charge is 0.438 e. The number of nitrogens with two attached hydrogens (primary N) is 1. The van der Waals surface area contributed by atoms with Crippen LogP contribution >= 0.6 is 11.6 Å². The fourth-order valence-corrected chi connectivity index (χ4v) is 2.01. The maximum absolute atomic E-state index is 5.94. The molecule has 20 heavy (non-hydrogen) atoms. The Balaban J connectivity index is 2.10. The predicted octanol–water partition coefficient (Wildman–Crippen LogP) is 3.36. The SMILES string of the molecule is NNc1nc(Oc2cccc(Cl)c2)c2ccccc2n1. The number of nitrogens with one attached hydrogen (secondary N) is 1. The number of hydrogen-bond donors (Lipinski definition) is 2. The molecule has 5 nitrogen and oxygen atoms in total. The van der Waals surface area contributed by atoms with Gasteiger partial charge in [-0.05, 0) is 30.3 Å². The summed E-state index contributed by atoms with van der Waals surface area (Å²) < 4.78 is 5.78. The molecule has 100 valence electrons. The smallest absolute Gasteiger partial charge is 0.241 e. The summed E-state index contributed by atoms with van der Waals surface area (Å²) in [4.78, 5) is 8.49. The van der Waals surface area contributed by atoms with E-state index in [0.29, 0.717) is 22.6 Å². The summed E-state index contributed by atoms with van der Waals surface area (Å²) in [5.41, 5.74) is 3.17. The van der Waals surface area contributed by atoms with E-state index >= 15 is 0 Å². The van der Waals surface area contributed by atoms with Crippen molar-refractivity contribution in [3.8, 4) is 11.6 Å². The molecular weight excluding hydrogens is 276 g/mol. The fourth-order valence-electron chi connectivity index (χ4n) is 1.83. The Kier molecular flexibility index (Phi) is 3.37. The van der Waals surface area contributed by atoms with Crippen LogP contribution in [0.2, 0.25) is 5.02 Å². The van der Waals surface area contributed by atoms with Crippen molar-refractivity contribution in [3.63, 3.8) is 0 Å². The standard InChI is InChI=1S/C14H11ClN4O/c15-9-4-3-5-10(8-9)20-13-11-6-1-2-7-12(11)17-14(18-13)19-16/h1-8H,16H2,(H,17,18,19). The molecule has 2 aromatic carbocycles. The van der Waals surface area contributed by atoms with Gasteiger partial charge in [0.1, 0.15) is 5.75 Å². The first-order valence-electron chi connectivity index (χ1n) is 5.93. The molecule has 0 saturated heterocycles. The third-order valence-corrected chi connectivity index (χ3v) is 2.94. The highest BCUT2D eigenvalue weighted by molar-refractivity contribution is 6.30. The van der Waals surface area contributed by atoms with Crippen molar-refractivity contribution in [1.29, 1.82) is 0 Å². The second kappa shape index (κ2) is 5.32. The predicted molar refractivity (Wildman–Crippen MR) is 78.9 cm³/mol. The van der Waals surface area contributed by atoms with Gasteiger partial charge in [0.25, 0.3) is 0 Å². The van der Waals surface area contributed by atoms with E-state index < -0.39 is 0 Å². The molecule has 1 heterocycles. The number of anilines is 1. The second-order valence-electron chi connectivity index (χ2n) is 4.07. The first-order valence-corrected chi connectivity index (χ1v) is 6.31. The van der Waals surface area contributed by atoms with E-state index in [9.17, 15) is 0 Å². The molecule has 0 bridgehead atoms. The van der Waals surface area contributed by atoms with E-state index in [2.05, 4.69) is 15.4 Å². The Morgan fingerprint density at radius 3 is 2.70 bits per heavy atom. The van der Waals surface area contributed by atoms with Crippen LogP contribution in [0.3, 0.4) is 0 Å². The van der Waals surface area contributed by atoms with Crippen molar-refractivity contribution in [1.82, 2.24) is 9.97 Å². The molecule has 0 amide bonds. The monoisotopic (exact) mass is 286 g/mol. The van der Waals surface area contributed by atoms with E-state index in [4.69, 9.17) is 22.2 Å². The number of ether oxygens (including phenoxy) is 1. The van der Waals surface area contributed by atoms with Crippen LogP contribution in [0.1, 0.15) is 0 Å². The molecule has 0 atom stereocenters. The molecule has 3 aromatic rings. The van der Waals surface area contributed by atoms with E-state index in [-0.39, 0.29) is 0 Å². The van der Waals surface area contributed by atoms with Crippen LogP contribution in [0.15, 0.2) is 48.5 Å². The van der Waals surface area contributed by atoms with Crippen LogP contribution in [0, 0.1) is 0 Å². The maximum atomic E-state index is 5.94. The van der Waals surface area contributed by atoms with Crippen LogP contribution in [0.25, 0.3) is 10.9 Å². The van der Waals surface area contributed by atoms with Crippen molar-refractivity contribution in [2.45, 2.75) is 0 Å². The minimum absolute atomic E-state index is 0.292. The van der Waals surface area contributed by atoms with Gasteiger partial charge in [0.05, 0.1) is 10.9 Å². The molecule has 6 heteroatoms. The van der Waals surface area contributed by atoms with Gasteiger partial charge in [-0.1, -0.05) is 29.8 Å². The van der Waals surface area contributed by atoms with Crippen LogP contribution in [-0.2, 0) is 0 Å². The van der Waals surface area contributed by atoms with Gasteiger partial charge < -0.3 is 4.74 Å². The molecule has 0 aliphatic rings. The summed E-state index contributed by atoms with van der Waals surface area (Å²) in [6.45, 7) is 0. The van der Waals surface area contributed by atoms with Crippen molar-refractivity contribution >= 4 is 28.5 Å². The lowest BCUT2D eigenvalue weighted by atomic mass is 10.2. The first-order chi connectivity index (χ1) is 9.76. The number of fused-ring (bicyclic) bond motifs is 1. The van der Waals surface area contributed by atoms with Gasteiger partial charge in [-0.2, -0.15) is 4.98 Å². The first kappa shape index (κ1) is 12.7. The zero-order chi connectivity index (χ0) is 13.9. The van der Waals surface area contributed by atoms with Crippen LogP contribution in [0.5, 0.6) is 11.6 Å². The molecule has 3 rings (SSSR count). The van der Waals surface area contributed by atoms with Crippen molar-refractivity contribution < 1.29 is 4.74 Å². The topological polar surface area (TPSA) is 73.1 Å². The average Bonchev–Trinajstić information content (AvgIpc) is 2.47. The molecule has 0 fully saturated rings. The van der Waals surface area contributed by atoms with E-state index in [0.717, 1.165) is 10.9 Å². The van der Waals surface area contributed by atoms with Gasteiger partial charge in [0.2, 0.25) is 11.8 Å². The molecule has 0 saturated carbocycles. The number of nitrogen functional groups attached to an aromatic ring is 1. The second-order valence-corrected chi connectivity index (χ2v) is 4.51. The van der Waals surface area contributed by atoms with Crippen LogP contribution in [-0.4, -0.2) is 9.97 Å². The van der Waals surface area contributed by atoms with Gasteiger partial charge in [0.15, 0.2) is 0 Å². The highest BCUT2D eigenvalue weighted by Gasteiger charge is 2.09. The summed E-state index contributed by atoms with van der Waals surface area (Å²) in [7, 11) is 0. The normalized spacial score (nSPS) is 10.5. The van der Waals surface area contributed by atoms with Gasteiger partial charge in [-0.3, -0.25) is 5.43 Å². The van der Waals surface area contributed by atoms with E-state index in [1.165, 1.54) is 0 Å². The van der Waals surface area contributed by atoms with Crippen LogP contribution in [0.4, 0.5) is 5.95 Å². The van der Waals surface area contributed by atoms with E-state index in [1.807, 2.05) is 30.3 Å². The Labute approximate surface area is 120 Å². The number of halogens is 1. The zero-order valence-corrected chi connectivity index (χ0v) is 11.1. The summed E-state index contributed by atoms with van der Waals surface area (Å²) in [5, 5.41) is 1.39. The quantitative estimate of drug-likeness (QED) is 0.570. The Hall–Kier alpha value is -2.37. The number of rotatable bonds is 3. The molecule has 0 unspecified atom stereocenters. The number of para-hydroxylation sites is 1. The Morgan fingerprint density at radius 1 is 1.05 bits per heavy atom. The van der Waals surface area contributed by atoms with Gasteiger partial charge in [-0.15, -0.1) is 0 Å². The third-order valence-electron chi connectivity index (χ3n) is 2.71. The van der Waals surface area contributed by atoms with Crippen molar-refractivity contribution in [3.05, 3.63) is 53.6 Å². The molecular formula is C14H11ClN4O. The molecule has 0 aliphatic heterocycles. The van der Waals surface area contributed by atoms with Gasteiger partial charge >= 0.3 is 0 Å². The summed E-state index contributed by atoms with van der Waals surface area (Å²) >= 11 is 5.94. The van der Waals surface area contributed by atoms with Gasteiger partial charge in [0, 0.05) is 5.02 Å². The molecule has 0 spiro atoms. The highest BCUT2D eigenvalue weighted by Crippen LogP contribution is 2.29. The molecule has 1 aromatic heterocycles. The van der Waals surface area contributed by atoms with Crippen molar-refractivity contribution in [2.24, 2.45) is 5.84 Å². The lowest BCUT2D eigenvalue weighted by Crippen LogP contribution is -2.11. The molecule has 0 radical (unpaired) electrons. The number of nitrogens with zero attached hydrogens (tertiary/aromatic N) is 2. The minimum Gasteiger partial charge on any atom is -0.438 e. The summed E-state index contributed by atoms with van der Waals surface area (Å²) in [5.74, 6) is 6.69. The molecule has 3 N–H and O–H groups in total.